The Hall–Kier alpha value is -4.73. The van der Waals surface area contributed by atoms with E-state index in [-0.39, 0.29) is 17.2 Å². The van der Waals surface area contributed by atoms with Crippen LogP contribution >= 0.6 is 0 Å². The van der Waals surface area contributed by atoms with Crippen LogP contribution in [0.5, 0.6) is 17.2 Å². The van der Waals surface area contributed by atoms with Gasteiger partial charge in [-0.25, -0.2) is 0 Å². The van der Waals surface area contributed by atoms with Gasteiger partial charge in [-0.3, -0.25) is 14.5 Å². The van der Waals surface area contributed by atoms with Gasteiger partial charge in [0.25, 0.3) is 5.91 Å². The Balaban J connectivity index is 1.71. The second-order valence-electron chi connectivity index (χ2n) is 8.07. The van der Waals surface area contributed by atoms with Gasteiger partial charge in [-0.15, -0.1) is 0 Å². The molecule has 5 rings (SSSR count). The van der Waals surface area contributed by atoms with E-state index in [1.165, 1.54) is 32.3 Å². The van der Waals surface area contributed by atoms with Gasteiger partial charge in [0, 0.05) is 11.5 Å². The van der Waals surface area contributed by atoms with Crippen molar-refractivity contribution in [1.82, 2.24) is 5.16 Å². The summed E-state index contributed by atoms with van der Waals surface area (Å²) in [5, 5.41) is 15.6. The Bertz CT molecular complexity index is 1470. The minimum atomic E-state index is -1.10. The molecule has 1 atom stereocenters. The fraction of sp³-hybridized carbons (Fsp3) is 0.192. The van der Waals surface area contributed by atoms with Crippen LogP contribution in [-0.4, -0.2) is 43.3 Å². The van der Waals surface area contributed by atoms with Crippen LogP contribution in [-0.2, 0) is 4.79 Å². The fourth-order valence-electron chi connectivity index (χ4n) is 4.34. The number of carbonyl (C=O) groups excluding carboxylic acids is 2. The van der Waals surface area contributed by atoms with Crippen molar-refractivity contribution in [3.8, 4) is 17.2 Å². The third-order valence-electron chi connectivity index (χ3n) is 5.97. The molecule has 0 saturated heterocycles. The molecule has 1 aliphatic rings. The van der Waals surface area contributed by atoms with Crippen molar-refractivity contribution in [3.05, 3.63) is 76.9 Å². The lowest BCUT2D eigenvalue weighted by Crippen LogP contribution is -2.31. The average molecular weight is 490 g/mol. The van der Waals surface area contributed by atoms with Crippen LogP contribution in [0.3, 0.4) is 0 Å². The summed E-state index contributed by atoms with van der Waals surface area (Å²) < 4.78 is 27.3. The zero-order valence-electron chi connectivity index (χ0n) is 19.9. The van der Waals surface area contributed by atoms with Crippen molar-refractivity contribution in [2.75, 3.05) is 26.2 Å². The number of aliphatic hydroxyl groups excluding tert-OH is 1. The largest absolute Gasteiger partial charge is 0.503 e. The number of amides is 1. The molecule has 1 aliphatic heterocycles. The van der Waals surface area contributed by atoms with E-state index in [0.717, 1.165) is 0 Å². The van der Waals surface area contributed by atoms with Gasteiger partial charge in [0.05, 0.1) is 32.9 Å². The molecule has 3 heterocycles. The predicted molar refractivity (Wildman–Crippen MR) is 128 cm³/mol. The van der Waals surface area contributed by atoms with Crippen LogP contribution in [0.2, 0.25) is 0 Å². The van der Waals surface area contributed by atoms with Crippen LogP contribution in [0, 0.1) is 6.92 Å². The summed E-state index contributed by atoms with van der Waals surface area (Å²) >= 11 is 0. The standard InChI is InChI=1S/C26H22N2O8/c1-13-9-20(27-36-13)28-22(15-11-18(32-2)25(34-4)19(12-15)33-3)21(24(30)26(28)31)23(29)17-10-14-7-5-6-8-16(14)35-17/h5-12,22,30H,1-4H3/t22-/m1/s1. The van der Waals surface area contributed by atoms with Crippen molar-refractivity contribution in [3.63, 3.8) is 0 Å². The number of aryl methyl sites for hydroxylation is 1. The number of carbonyl (C=O) groups is 2. The first-order chi connectivity index (χ1) is 17.4. The lowest BCUT2D eigenvalue weighted by Gasteiger charge is -2.25. The minimum absolute atomic E-state index is 0.0267. The van der Waals surface area contributed by atoms with Gasteiger partial charge >= 0.3 is 0 Å². The number of fused-ring (bicyclic) bond motifs is 1. The Kier molecular flexibility index (Phi) is 5.63. The molecule has 2 aromatic heterocycles. The molecule has 0 fully saturated rings. The summed E-state index contributed by atoms with van der Waals surface area (Å²) in [7, 11) is 4.37. The zero-order chi connectivity index (χ0) is 25.6. The second-order valence-corrected chi connectivity index (χ2v) is 8.07. The Labute approximate surface area is 205 Å². The molecular weight excluding hydrogens is 468 g/mol. The van der Waals surface area contributed by atoms with Crippen LogP contribution in [0.15, 0.2) is 68.8 Å². The Morgan fingerprint density at radius 3 is 2.31 bits per heavy atom. The molecule has 1 amide bonds. The lowest BCUT2D eigenvalue weighted by atomic mass is 9.94. The molecule has 0 radical (unpaired) electrons. The average Bonchev–Trinajstić information content (AvgIpc) is 3.58. The van der Waals surface area contributed by atoms with Crippen molar-refractivity contribution in [2.24, 2.45) is 0 Å². The first-order valence-corrected chi connectivity index (χ1v) is 10.9. The van der Waals surface area contributed by atoms with Crippen molar-refractivity contribution < 1.29 is 37.8 Å². The number of ketones is 1. The number of anilines is 1. The number of furan rings is 1. The summed E-state index contributed by atoms with van der Waals surface area (Å²) in [6, 6.07) is 12.3. The number of ether oxygens (including phenoxy) is 3. The zero-order valence-corrected chi connectivity index (χ0v) is 19.9. The van der Waals surface area contributed by atoms with Crippen molar-refractivity contribution >= 4 is 28.5 Å². The summed E-state index contributed by atoms with van der Waals surface area (Å²) in [6.45, 7) is 1.67. The molecule has 36 heavy (non-hydrogen) atoms. The fourth-order valence-corrected chi connectivity index (χ4v) is 4.34. The van der Waals surface area contributed by atoms with E-state index in [9.17, 15) is 14.7 Å². The lowest BCUT2D eigenvalue weighted by molar-refractivity contribution is -0.117. The summed E-state index contributed by atoms with van der Waals surface area (Å²) in [5.41, 5.74) is 0.717. The third-order valence-corrected chi connectivity index (χ3v) is 5.97. The number of para-hydroxylation sites is 1. The van der Waals surface area contributed by atoms with Crippen LogP contribution < -0.4 is 19.1 Å². The number of nitrogens with zero attached hydrogens (tertiary/aromatic N) is 2. The van der Waals surface area contributed by atoms with Crippen LogP contribution in [0.25, 0.3) is 11.0 Å². The summed E-state index contributed by atoms with van der Waals surface area (Å²) in [5.74, 6) is -0.723. The van der Waals surface area contributed by atoms with Gasteiger partial charge in [-0.1, -0.05) is 23.4 Å². The van der Waals surface area contributed by atoms with E-state index in [2.05, 4.69) is 5.16 Å². The third kappa shape index (κ3) is 3.54. The SMILES string of the molecule is COc1cc([C@@H]2C(C(=O)c3cc4ccccc4o3)=C(O)C(=O)N2c2cc(C)on2)cc(OC)c1OC. The van der Waals surface area contributed by atoms with Gasteiger partial charge in [-0.2, -0.15) is 0 Å². The first-order valence-electron chi connectivity index (χ1n) is 10.9. The van der Waals surface area contributed by atoms with Crippen LogP contribution in [0.1, 0.15) is 27.9 Å². The van der Waals surface area contributed by atoms with E-state index in [0.29, 0.717) is 39.5 Å². The van der Waals surface area contributed by atoms with Gasteiger partial charge in [0.1, 0.15) is 11.3 Å². The number of Topliss-reactive ketones (excluding diaryl/α,β-unsaturated/α-hetero) is 1. The highest BCUT2D eigenvalue weighted by Gasteiger charge is 2.47. The highest BCUT2D eigenvalue weighted by molar-refractivity contribution is 6.20. The molecule has 4 aromatic rings. The number of hydrogen-bond donors (Lipinski definition) is 1. The van der Waals surface area contributed by atoms with E-state index in [1.807, 2.05) is 6.07 Å². The van der Waals surface area contributed by atoms with E-state index >= 15 is 0 Å². The molecule has 0 spiro atoms. The number of methoxy groups -OCH3 is 3. The first kappa shape index (κ1) is 23.0. The smallest absolute Gasteiger partial charge is 0.295 e. The highest BCUT2D eigenvalue weighted by atomic mass is 16.5. The van der Waals surface area contributed by atoms with Crippen molar-refractivity contribution in [2.45, 2.75) is 13.0 Å². The normalized spacial score (nSPS) is 15.6. The summed E-state index contributed by atoms with van der Waals surface area (Å²) in [4.78, 5) is 28.2. The minimum Gasteiger partial charge on any atom is -0.503 e. The molecular formula is C26H22N2O8. The van der Waals surface area contributed by atoms with E-state index in [4.69, 9.17) is 23.2 Å². The van der Waals surface area contributed by atoms with Gasteiger partial charge in [0.15, 0.2) is 28.8 Å². The quantitative estimate of drug-likeness (QED) is 0.372. The topological polar surface area (TPSA) is 124 Å². The molecule has 0 bridgehead atoms. The maximum atomic E-state index is 13.7. The monoisotopic (exact) mass is 490 g/mol. The number of aliphatic hydroxyl groups is 1. The van der Waals surface area contributed by atoms with Crippen LogP contribution in [0.4, 0.5) is 5.82 Å². The molecule has 2 aromatic carbocycles. The number of rotatable bonds is 7. The number of benzene rings is 2. The molecule has 0 saturated carbocycles. The number of aromatic nitrogens is 1. The highest BCUT2D eigenvalue weighted by Crippen LogP contribution is 2.47. The van der Waals surface area contributed by atoms with Gasteiger partial charge in [0.2, 0.25) is 11.5 Å². The van der Waals surface area contributed by atoms with Gasteiger partial charge in [-0.05, 0) is 36.8 Å². The number of hydrogen-bond acceptors (Lipinski definition) is 9. The predicted octanol–water partition coefficient (Wildman–Crippen LogP) is 4.54. The molecule has 0 aliphatic carbocycles. The second kappa shape index (κ2) is 8.81. The molecule has 1 N–H and O–H groups in total. The molecule has 10 heteroatoms. The maximum Gasteiger partial charge on any atom is 0.295 e. The van der Waals surface area contributed by atoms with Gasteiger partial charge < -0.3 is 28.3 Å². The molecule has 184 valence electrons. The maximum absolute atomic E-state index is 13.7. The van der Waals surface area contributed by atoms with E-state index in [1.54, 1.807) is 43.3 Å². The Morgan fingerprint density at radius 1 is 1.03 bits per heavy atom. The van der Waals surface area contributed by atoms with Crippen molar-refractivity contribution in [1.29, 1.82) is 0 Å². The van der Waals surface area contributed by atoms with E-state index < -0.39 is 23.5 Å². The molecule has 10 nitrogen and oxygen atoms in total. The Morgan fingerprint density at radius 2 is 1.72 bits per heavy atom. The summed E-state index contributed by atoms with van der Waals surface area (Å²) in [6.07, 6.45) is 0. The molecule has 0 unspecified atom stereocenters.